The molecule has 0 aliphatic carbocycles. The zero-order valence-corrected chi connectivity index (χ0v) is 17.2. The van der Waals surface area contributed by atoms with Crippen LogP contribution < -0.4 is 10.6 Å². The van der Waals surface area contributed by atoms with Gasteiger partial charge in [0.05, 0.1) is 12.0 Å². The van der Waals surface area contributed by atoms with Crippen molar-refractivity contribution in [3.8, 4) is 0 Å². The van der Waals surface area contributed by atoms with Gasteiger partial charge in [0, 0.05) is 42.3 Å². The summed E-state index contributed by atoms with van der Waals surface area (Å²) in [5, 5.41) is 16.9. The van der Waals surface area contributed by atoms with E-state index in [4.69, 9.17) is 0 Å². The van der Waals surface area contributed by atoms with Crippen molar-refractivity contribution < 1.29 is 23.1 Å². The molecule has 5 nitrogen and oxygen atoms in total. The third kappa shape index (κ3) is 6.32. The van der Waals surface area contributed by atoms with E-state index < -0.39 is 17.7 Å². The highest BCUT2D eigenvalue weighted by Gasteiger charge is 2.30. The summed E-state index contributed by atoms with van der Waals surface area (Å²) < 4.78 is 38.1. The lowest BCUT2D eigenvalue weighted by molar-refractivity contribution is -0.138. The van der Waals surface area contributed by atoms with Crippen LogP contribution >= 0.6 is 0 Å². The van der Waals surface area contributed by atoms with Crippen molar-refractivity contribution in [2.75, 3.05) is 13.1 Å². The van der Waals surface area contributed by atoms with Crippen LogP contribution in [0.25, 0.3) is 10.9 Å². The standard InChI is InChI=1S/C23H26F3N3O2/c1-15(16-6-8-18(9-7-16)23(24,25)26)27-10-11-28-19(13-22(30)31)12-17-14-29-21-5-3-2-4-20(17)21/h2-9,14-15,19,27-29H,10-13H2,1H3,(H,30,31)/t15?,19-/m0/s1. The first-order valence-electron chi connectivity index (χ1n) is 10.1. The van der Waals surface area contributed by atoms with Gasteiger partial charge in [-0.2, -0.15) is 13.2 Å². The van der Waals surface area contributed by atoms with Gasteiger partial charge in [-0.3, -0.25) is 4.79 Å². The van der Waals surface area contributed by atoms with Gasteiger partial charge in [0.2, 0.25) is 0 Å². The van der Waals surface area contributed by atoms with Gasteiger partial charge in [-0.1, -0.05) is 30.3 Å². The molecule has 8 heteroatoms. The van der Waals surface area contributed by atoms with E-state index in [-0.39, 0.29) is 18.5 Å². The number of H-pyrrole nitrogens is 1. The molecule has 0 bridgehead atoms. The number of rotatable bonds is 10. The second-order valence-electron chi connectivity index (χ2n) is 7.61. The lowest BCUT2D eigenvalue weighted by Gasteiger charge is -2.19. The van der Waals surface area contributed by atoms with E-state index in [2.05, 4.69) is 15.6 Å². The van der Waals surface area contributed by atoms with E-state index in [0.29, 0.717) is 19.5 Å². The van der Waals surface area contributed by atoms with Crippen molar-refractivity contribution in [3.05, 3.63) is 71.4 Å². The van der Waals surface area contributed by atoms with Crippen molar-refractivity contribution >= 4 is 16.9 Å². The number of fused-ring (bicyclic) bond motifs is 1. The maximum absolute atomic E-state index is 12.7. The zero-order valence-electron chi connectivity index (χ0n) is 17.2. The summed E-state index contributed by atoms with van der Waals surface area (Å²) in [5.41, 5.74) is 2.16. The van der Waals surface area contributed by atoms with Crippen LogP contribution in [0.3, 0.4) is 0 Å². The van der Waals surface area contributed by atoms with E-state index in [9.17, 15) is 23.1 Å². The topological polar surface area (TPSA) is 77.2 Å². The molecular formula is C23H26F3N3O2. The predicted octanol–water partition coefficient (Wildman–Crippen LogP) is 4.51. The molecular weight excluding hydrogens is 407 g/mol. The van der Waals surface area contributed by atoms with Gasteiger partial charge < -0.3 is 20.7 Å². The number of benzene rings is 2. The maximum Gasteiger partial charge on any atom is 0.416 e. The number of carboxylic acids is 1. The summed E-state index contributed by atoms with van der Waals surface area (Å²) in [7, 11) is 0. The molecule has 0 spiro atoms. The third-order valence-corrected chi connectivity index (χ3v) is 5.31. The number of hydrogen-bond donors (Lipinski definition) is 4. The number of para-hydroxylation sites is 1. The predicted molar refractivity (Wildman–Crippen MR) is 114 cm³/mol. The largest absolute Gasteiger partial charge is 0.481 e. The van der Waals surface area contributed by atoms with E-state index in [1.165, 1.54) is 12.1 Å². The van der Waals surface area contributed by atoms with Crippen LogP contribution in [-0.4, -0.2) is 35.2 Å². The Morgan fingerprint density at radius 2 is 1.74 bits per heavy atom. The maximum atomic E-state index is 12.7. The molecule has 2 atom stereocenters. The molecule has 166 valence electrons. The van der Waals surface area contributed by atoms with Crippen LogP contribution in [0.5, 0.6) is 0 Å². The molecule has 0 aliphatic rings. The first kappa shape index (κ1) is 22.8. The Morgan fingerprint density at radius 1 is 1.06 bits per heavy atom. The van der Waals surface area contributed by atoms with Crippen LogP contribution in [0.15, 0.2) is 54.7 Å². The summed E-state index contributed by atoms with van der Waals surface area (Å²) in [5.74, 6) is -0.872. The van der Waals surface area contributed by atoms with Crippen LogP contribution in [-0.2, 0) is 17.4 Å². The second-order valence-corrected chi connectivity index (χ2v) is 7.61. The molecule has 0 radical (unpaired) electrons. The number of nitrogens with one attached hydrogen (secondary N) is 3. The minimum atomic E-state index is -4.34. The van der Waals surface area contributed by atoms with Crippen molar-refractivity contribution in [1.29, 1.82) is 0 Å². The van der Waals surface area contributed by atoms with Gasteiger partial charge in [0.1, 0.15) is 0 Å². The number of aromatic nitrogens is 1. The number of carboxylic acid groups (broad SMARTS) is 1. The van der Waals surface area contributed by atoms with E-state index >= 15 is 0 Å². The molecule has 31 heavy (non-hydrogen) atoms. The average molecular weight is 433 g/mol. The first-order valence-corrected chi connectivity index (χ1v) is 10.1. The Labute approximate surface area is 178 Å². The first-order chi connectivity index (χ1) is 14.7. The van der Waals surface area contributed by atoms with Gasteiger partial charge >= 0.3 is 12.1 Å². The van der Waals surface area contributed by atoms with Crippen LogP contribution in [0.2, 0.25) is 0 Å². The molecule has 0 saturated carbocycles. The summed E-state index contributed by atoms with van der Waals surface area (Å²) >= 11 is 0. The normalized spacial score (nSPS) is 13.9. The number of hydrogen-bond acceptors (Lipinski definition) is 3. The molecule has 3 rings (SSSR count). The molecule has 1 aromatic heterocycles. The fourth-order valence-electron chi connectivity index (χ4n) is 3.64. The molecule has 4 N–H and O–H groups in total. The summed E-state index contributed by atoms with van der Waals surface area (Å²) in [6.45, 7) is 2.96. The average Bonchev–Trinajstić information content (AvgIpc) is 3.13. The highest BCUT2D eigenvalue weighted by molar-refractivity contribution is 5.83. The number of aromatic amines is 1. The minimum Gasteiger partial charge on any atom is -0.481 e. The summed E-state index contributed by atoms with van der Waals surface area (Å²) in [6.07, 6.45) is -1.87. The minimum absolute atomic E-state index is 0.00599. The molecule has 0 amide bonds. The molecule has 0 aliphatic heterocycles. The fourth-order valence-corrected chi connectivity index (χ4v) is 3.64. The Balaban J connectivity index is 1.52. The highest BCUT2D eigenvalue weighted by Crippen LogP contribution is 2.29. The van der Waals surface area contributed by atoms with Crippen molar-refractivity contribution in [1.82, 2.24) is 15.6 Å². The lowest BCUT2D eigenvalue weighted by Crippen LogP contribution is -2.38. The Morgan fingerprint density at radius 3 is 2.42 bits per heavy atom. The second kappa shape index (κ2) is 9.98. The van der Waals surface area contributed by atoms with Crippen LogP contribution in [0.4, 0.5) is 13.2 Å². The summed E-state index contributed by atoms with van der Waals surface area (Å²) in [6, 6.07) is 12.6. The van der Waals surface area contributed by atoms with Crippen molar-refractivity contribution in [2.24, 2.45) is 0 Å². The zero-order chi connectivity index (χ0) is 22.4. The monoisotopic (exact) mass is 433 g/mol. The Bertz CT molecular complexity index is 999. The number of carbonyl (C=O) groups is 1. The lowest BCUT2D eigenvalue weighted by atomic mass is 10.0. The molecule has 1 unspecified atom stereocenters. The van der Waals surface area contributed by atoms with Crippen LogP contribution in [0, 0.1) is 0 Å². The Kier molecular flexibility index (Phi) is 7.35. The quantitative estimate of drug-likeness (QED) is 0.355. The molecule has 1 heterocycles. The van der Waals surface area contributed by atoms with Crippen LogP contribution in [0.1, 0.15) is 36.1 Å². The van der Waals surface area contributed by atoms with Gasteiger partial charge in [-0.15, -0.1) is 0 Å². The molecule has 3 aromatic rings. The summed E-state index contributed by atoms with van der Waals surface area (Å²) in [4.78, 5) is 14.5. The van der Waals surface area contributed by atoms with Gasteiger partial charge in [0.25, 0.3) is 0 Å². The number of aliphatic carboxylic acids is 1. The van der Waals surface area contributed by atoms with Gasteiger partial charge in [0.15, 0.2) is 0 Å². The molecule has 0 fully saturated rings. The third-order valence-electron chi connectivity index (χ3n) is 5.31. The SMILES string of the molecule is CC(NCCN[C@H](CC(=O)O)Cc1c[nH]c2ccccc12)c1ccc(C(F)(F)F)cc1. The smallest absolute Gasteiger partial charge is 0.416 e. The molecule has 0 saturated heterocycles. The number of halogens is 3. The van der Waals surface area contributed by atoms with Crippen molar-refractivity contribution in [2.45, 2.75) is 38.0 Å². The number of alkyl halides is 3. The van der Waals surface area contributed by atoms with Gasteiger partial charge in [-0.05, 0) is 42.7 Å². The van der Waals surface area contributed by atoms with E-state index in [0.717, 1.165) is 34.2 Å². The van der Waals surface area contributed by atoms with E-state index in [1.54, 1.807) is 0 Å². The van der Waals surface area contributed by atoms with Gasteiger partial charge in [-0.25, -0.2) is 0 Å². The van der Waals surface area contributed by atoms with Crippen molar-refractivity contribution in [3.63, 3.8) is 0 Å². The molecule has 2 aromatic carbocycles. The highest BCUT2D eigenvalue weighted by atomic mass is 19.4. The fraction of sp³-hybridized carbons (Fsp3) is 0.348. The van der Waals surface area contributed by atoms with E-state index in [1.807, 2.05) is 37.4 Å². The Hall–Kier alpha value is -2.84.